The fourth-order valence-electron chi connectivity index (χ4n) is 1.49. The maximum absolute atomic E-state index is 5.99. The van der Waals surface area contributed by atoms with E-state index in [0.29, 0.717) is 12.0 Å². The van der Waals surface area contributed by atoms with Crippen LogP contribution in [0.1, 0.15) is 27.7 Å². The maximum atomic E-state index is 5.99. The first kappa shape index (κ1) is 13.5. The van der Waals surface area contributed by atoms with Gasteiger partial charge in [0.05, 0.1) is 17.7 Å². The Kier molecular flexibility index (Phi) is 5.29. The van der Waals surface area contributed by atoms with Crippen LogP contribution in [0.2, 0.25) is 5.02 Å². The van der Waals surface area contributed by atoms with Gasteiger partial charge in [-0.25, -0.2) is 0 Å². The molecule has 1 unspecified atom stereocenters. The van der Waals surface area contributed by atoms with Gasteiger partial charge in [-0.3, -0.25) is 0 Å². The highest BCUT2D eigenvalue weighted by Gasteiger charge is 2.21. The Bertz CT molecular complexity index is 357. The van der Waals surface area contributed by atoms with Crippen molar-refractivity contribution in [3.05, 3.63) is 17.2 Å². The van der Waals surface area contributed by atoms with Crippen LogP contribution in [-0.4, -0.2) is 12.0 Å². The fourth-order valence-corrected chi connectivity index (χ4v) is 2.79. The summed E-state index contributed by atoms with van der Waals surface area (Å²) in [6.07, 6.45) is 0. The average Bonchev–Trinajstić information content (AvgIpc) is 2.62. The van der Waals surface area contributed by atoms with Gasteiger partial charge in [0.1, 0.15) is 5.75 Å². The highest BCUT2D eigenvalue weighted by molar-refractivity contribution is 8.00. The topological polar surface area (TPSA) is 21.3 Å². The highest BCUT2D eigenvalue weighted by atomic mass is 35.5. The number of ether oxygens (including phenoxy) is 1. The Morgan fingerprint density at radius 1 is 1.44 bits per heavy atom. The second kappa shape index (κ2) is 6.26. The van der Waals surface area contributed by atoms with Crippen LogP contribution in [0.3, 0.4) is 0 Å². The van der Waals surface area contributed by atoms with E-state index in [1.54, 1.807) is 11.8 Å². The Morgan fingerprint density at radius 3 is 2.75 bits per heavy atom. The zero-order chi connectivity index (χ0) is 12.1. The number of rotatable bonds is 2. The van der Waals surface area contributed by atoms with Crippen molar-refractivity contribution >= 4 is 29.1 Å². The largest absolute Gasteiger partial charge is 0.492 e. The third kappa shape index (κ3) is 2.98. The standard InChI is InChI=1S/C10H12ClNOS.C2H6/c1-3-13-8-4-7(11)5-9-10(8)12-6(2)14-9;1-2/h4-6,12H,3H2,1-2H3;1-2H3. The van der Waals surface area contributed by atoms with Gasteiger partial charge in [-0.15, -0.1) is 0 Å². The fraction of sp³-hybridized carbons (Fsp3) is 0.500. The molecule has 1 aliphatic heterocycles. The first-order chi connectivity index (χ1) is 7.70. The molecule has 0 radical (unpaired) electrons. The van der Waals surface area contributed by atoms with E-state index in [0.717, 1.165) is 16.5 Å². The van der Waals surface area contributed by atoms with E-state index >= 15 is 0 Å². The molecule has 0 aliphatic carbocycles. The maximum Gasteiger partial charge on any atom is 0.145 e. The molecule has 1 heterocycles. The Morgan fingerprint density at radius 2 is 2.12 bits per heavy atom. The minimum Gasteiger partial charge on any atom is -0.492 e. The average molecular weight is 260 g/mol. The summed E-state index contributed by atoms with van der Waals surface area (Å²) in [6, 6.07) is 3.83. The zero-order valence-electron chi connectivity index (χ0n) is 10.1. The minimum absolute atomic E-state index is 0.391. The van der Waals surface area contributed by atoms with Gasteiger partial charge in [0, 0.05) is 16.0 Å². The second-order valence-corrected chi connectivity index (χ2v) is 4.93. The number of benzene rings is 1. The van der Waals surface area contributed by atoms with Crippen molar-refractivity contribution in [2.75, 3.05) is 11.9 Å². The summed E-state index contributed by atoms with van der Waals surface area (Å²) < 4.78 is 5.52. The molecule has 1 aromatic rings. The molecule has 1 N–H and O–H groups in total. The van der Waals surface area contributed by atoms with Crippen molar-refractivity contribution in [3.63, 3.8) is 0 Å². The van der Waals surface area contributed by atoms with Crippen LogP contribution >= 0.6 is 23.4 Å². The molecule has 1 aromatic carbocycles. The van der Waals surface area contributed by atoms with Gasteiger partial charge >= 0.3 is 0 Å². The minimum atomic E-state index is 0.391. The molecule has 1 aliphatic rings. The van der Waals surface area contributed by atoms with E-state index in [2.05, 4.69) is 12.2 Å². The summed E-state index contributed by atoms with van der Waals surface area (Å²) in [5.74, 6) is 0.854. The van der Waals surface area contributed by atoms with E-state index in [4.69, 9.17) is 16.3 Å². The van der Waals surface area contributed by atoms with E-state index in [9.17, 15) is 0 Å². The molecule has 2 nitrogen and oxygen atoms in total. The summed E-state index contributed by atoms with van der Waals surface area (Å²) in [5, 5.41) is 4.48. The van der Waals surface area contributed by atoms with Gasteiger partial charge in [0.2, 0.25) is 0 Å². The van der Waals surface area contributed by atoms with E-state index < -0.39 is 0 Å². The molecule has 90 valence electrons. The molecular formula is C12H18ClNOS. The molecule has 16 heavy (non-hydrogen) atoms. The van der Waals surface area contributed by atoms with Gasteiger partial charge in [-0.2, -0.15) is 0 Å². The molecule has 4 heteroatoms. The summed E-state index contributed by atoms with van der Waals surface area (Å²) in [5.41, 5.74) is 1.08. The molecule has 0 saturated heterocycles. The van der Waals surface area contributed by atoms with Crippen molar-refractivity contribution in [1.82, 2.24) is 0 Å². The first-order valence-electron chi connectivity index (χ1n) is 5.60. The van der Waals surface area contributed by atoms with E-state index in [1.807, 2.05) is 32.9 Å². The van der Waals surface area contributed by atoms with Crippen LogP contribution in [-0.2, 0) is 0 Å². The van der Waals surface area contributed by atoms with Gasteiger partial charge in [-0.05, 0) is 19.9 Å². The zero-order valence-corrected chi connectivity index (χ0v) is 11.7. The number of thioether (sulfide) groups is 1. The number of anilines is 1. The molecule has 0 saturated carbocycles. The van der Waals surface area contributed by atoms with Crippen molar-refractivity contribution in [1.29, 1.82) is 0 Å². The number of halogens is 1. The van der Waals surface area contributed by atoms with Crippen LogP contribution in [0.25, 0.3) is 0 Å². The predicted molar refractivity (Wildman–Crippen MR) is 72.9 cm³/mol. The Labute approximate surface area is 107 Å². The predicted octanol–water partition coefficient (Wildman–Crippen LogP) is 4.63. The SMILES string of the molecule is CC.CCOc1cc(Cl)cc2c1NC(C)S2. The number of hydrogen-bond acceptors (Lipinski definition) is 3. The van der Waals surface area contributed by atoms with Crippen molar-refractivity contribution in [2.45, 2.75) is 38.0 Å². The lowest BCUT2D eigenvalue weighted by Crippen LogP contribution is -2.04. The first-order valence-corrected chi connectivity index (χ1v) is 6.86. The lowest BCUT2D eigenvalue weighted by atomic mass is 10.3. The normalized spacial score (nSPS) is 16.9. The van der Waals surface area contributed by atoms with Crippen LogP contribution in [0.15, 0.2) is 17.0 Å². The van der Waals surface area contributed by atoms with Crippen LogP contribution in [0.5, 0.6) is 5.75 Å². The lowest BCUT2D eigenvalue weighted by Gasteiger charge is -2.09. The molecule has 0 spiro atoms. The molecule has 0 aromatic heterocycles. The van der Waals surface area contributed by atoms with Gasteiger partial charge in [0.15, 0.2) is 0 Å². The molecule has 1 atom stereocenters. The van der Waals surface area contributed by atoms with Crippen molar-refractivity contribution in [3.8, 4) is 5.75 Å². The highest BCUT2D eigenvalue weighted by Crippen LogP contribution is 2.45. The summed E-state index contributed by atoms with van der Waals surface area (Å²) >= 11 is 7.76. The number of fused-ring (bicyclic) bond motifs is 1. The summed E-state index contributed by atoms with van der Waals surface area (Å²) in [6.45, 7) is 8.75. The number of hydrogen-bond donors (Lipinski definition) is 1. The summed E-state index contributed by atoms with van der Waals surface area (Å²) in [7, 11) is 0. The molecule has 0 fully saturated rings. The smallest absolute Gasteiger partial charge is 0.145 e. The Balaban J connectivity index is 0.000000606. The van der Waals surface area contributed by atoms with E-state index in [-0.39, 0.29) is 0 Å². The second-order valence-electron chi connectivity index (χ2n) is 3.11. The Hall–Kier alpha value is -0.540. The lowest BCUT2D eigenvalue weighted by molar-refractivity contribution is 0.341. The summed E-state index contributed by atoms with van der Waals surface area (Å²) in [4.78, 5) is 1.17. The quantitative estimate of drug-likeness (QED) is 0.837. The van der Waals surface area contributed by atoms with Crippen molar-refractivity contribution < 1.29 is 4.74 Å². The van der Waals surface area contributed by atoms with Crippen LogP contribution < -0.4 is 10.1 Å². The third-order valence-electron chi connectivity index (χ3n) is 1.98. The molecular weight excluding hydrogens is 242 g/mol. The van der Waals surface area contributed by atoms with Crippen LogP contribution in [0, 0.1) is 0 Å². The number of nitrogens with one attached hydrogen (secondary N) is 1. The van der Waals surface area contributed by atoms with Crippen molar-refractivity contribution in [2.24, 2.45) is 0 Å². The van der Waals surface area contributed by atoms with Gasteiger partial charge in [-0.1, -0.05) is 37.2 Å². The monoisotopic (exact) mass is 259 g/mol. The van der Waals surface area contributed by atoms with Gasteiger partial charge < -0.3 is 10.1 Å². The molecule has 2 rings (SSSR count). The third-order valence-corrected chi connectivity index (χ3v) is 3.25. The van der Waals surface area contributed by atoms with Crippen LogP contribution in [0.4, 0.5) is 5.69 Å². The van der Waals surface area contributed by atoms with E-state index in [1.165, 1.54) is 4.90 Å². The molecule has 0 amide bonds. The molecule has 0 bridgehead atoms. The van der Waals surface area contributed by atoms with Gasteiger partial charge in [0.25, 0.3) is 0 Å².